The molecular weight excluding hydrogens is 324 g/mol. The van der Waals surface area contributed by atoms with Crippen LogP contribution in [0.2, 0.25) is 5.02 Å². The molecule has 6 heteroatoms. The van der Waals surface area contributed by atoms with E-state index in [0.29, 0.717) is 29.4 Å². The second-order valence-corrected chi connectivity index (χ2v) is 5.87. The first kappa shape index (κ1) is 16.2. The molecule has 1 amide bonds. The summed E-state index contributed by atoms with van der Waals surface area (Å²) in [7, 11) is 0. The zero-order valence-electron chi connectivity index (χ0n) is 13.2. The molecule has 0 saturated carbocycles. The Bertz CT molecular complexity index is 842. The number of aromatic nitrogens is 3. The molecule has 0 bridgehead atoms. The monoisotopic (exact) mass is 340 g/mol. The summed E-state index contributed by atoms with van der Waals surface area (Å²) in [6.45, 7) is 2.41. The highest BCUT2D eigenvalue weighted by atomic mass is 35.5. The van der Waals surface area contributed by atoms with Gasteiger partial charge >= 0.3 is 0 Å². The van der Waals surface area contributed by atoms with Crippen LogP contribution in [-0.4, -0.2) is 27.6 Å². The molecule has 1 aromatic heterocycles. The summed E-state index contributed by atoms with van der Waals surface area (Å²) >= 11 is 5.88. The molecule has 0 spiro atoms. The number of carbonyl (C=O) groups excluding carboxylic acids is 1. The SMILES string of the molecule is Cc1ccccc1C(=O)NCCc1nc(-c2ccc(Cl)cc2)n[nH]1. The van der Waals surface area contributed by atoms with Crippen molar-refractivity contribution in [2.24, 2.45) is 0 Å². The second-order valence-electron chi connectivity index (χ2n) is 5.43. The average molecular weight is 341 g/mol. The van der Waals surface area contributed by atoms with E-state index >= 15 is 0 Å². The maximum atomic E-state index is 12.1. The van der Waals surface area contributed by atoms with Crippen LogP contribution in [-0.2, 0) is 6.42 Å². The molecule has 0 radical (unpaired) electrons. The Morgan fingerprint density at radius 3 is 2.67 bits per heavy atom. The second kappa shape index (κ2) is 7.27. The topological polar surface area (TPSA) is 70.7 Å². The number of H-pyrrole nitrogens is 1. The van der Waals surface area contributed by atoms with Crippen molar-refractivity contribution in [1.29, 1.82) is 0 Å². The molecule has 2 aromatic carbocycles. The summed E-state index contributed by atoms with van der Waals surface area (Å²) in [6.07, 6.45) is 0.582. The van der Waals surface area contributed by atoms with Gasteiger partial charge in [0.05, 0.1) is 0 Å². The number of nitrogens with one attached hydrogen (secondary N) is 2. The van der Waals surface area contributed by atoms with Gasteiger partial charge in [0, 0.05) is 29.1 Å². The van der Waals surface area contributed by atoms with Crippen LogP contribution < -0.4 is 5.32 Å². The van der Waals surface area contributed by atoms with E-state index in [-0.39, 0.29) is 5.91 Å². The van der Waals surface area contributed by atoms with Gasteiger partial charge in [-0.15, -0.1) is 0 Å². The van der Waals surface area contributed by atoms with Gasteiger partial charge in [-0.05, 0) is 42.8 Å². The van der Waals surface area contributed by atoms with E-state index in [4.69, 9.17) is 11.6 Å². The number of hydrogen-bond donors (Lipinski definition) is 2. The van der Waals surface area contributed by atoms with Gasteiger partial charge in [-0.1, -0.05) is 29.8 Å². The van der Waals surface area contributed by atoms with Crippen molar-refractivity contribution in [3.63, 3.8) is 0 Å². The maximum absolute atomic E-state index is 12.1. The molecule has 0 aliphatic rings. The van der Waals surface area contributed by atoms with E-state index in [0.717, 1.165) is 17.0 Å². The van der Waals surface area contributed by atoms with E-state index in [9.17, 15) is 4.79 Å². The minimum Gasteiger partial charge on any atom is -0.352 e. The number of hydrogen-bond acceptors (Lipinski definition) is 3. The van der Waals surface area contributed by atoms with Crippen LogP contribution in [0.1, 0.15) is 21.7 Å². The van der Waals surface area contributed by atoms with E-state index in [1.54, 1.807) is 12.1 Å². The molecule has 3 rings (SSSR count). The van der Waals surface area contributed by atoms with Gasteiger partial charge < -0.3 is 5.32 Å². The molecule has 1 heterocycles. The molecule has 5 nitrogen and oxygen atoms in total. The minimum absolute atomic E-state index is 0.0782. The quantitative estimate of drug-likeness (QED) is 0.747. The fourth-order valence-corrected chi connectivity index (χ4v) is 2.48. The fourth-order valence-electron chi connectivity index (χ4n) is 2.35. The highest BCUT2D eigenvalue weighted by Gasteiger charge is 2.09. The van der Waals surface area contributed by atoms with Crippen LogP contribution in [0.3, 0.4) is 0 Å². The molecule has 0 unspecified atom stereocenters. The molecule has 0 fully saturated rings. The highest BCUT2D eigenvalue weighted by Crippen LogP contribution is 2.17. The number of halogens is 1. The third kappa shape index (κ3) is 3.81. The first-order valence-corrected chi connectivity index (χ1v) is 8.02. The molecule has 2 N–H and O–H groups in total. The van der Waals surface area contributed by atoms with E-state index in [1.165, 1.54) is 0 Å². The van der Waals surface area contributed by atoms with Crippen molar-refractivity contribution in [3.8, 4) is 11.4 Å². The Balaban J connectivity index is 1.57. The summed E-state index contributed by atoms with van der Waals surface area (Å²) in [6, 6.07) is 14.9. The lowest BCUT2D eigenvalue weighted by Crippen LogP contribution is -2.26. The van der Waals surface area contributed by atoms with E-state index in [1.807, 2.05) is 43.3 Å². The van der Waals surface area contributed by atoms with Gasteiger partial charge in [0.15, 0.2) is 5.82 Å². The Hall–Kier alpha value is -2.66. The standard InChI is InChI=1S/C18H17ClN4O/c1-12-4-2-3-5-15(12)18(24)20-11-10-16-21-17(23-22-16)13-6-8-14(19)9-7-13/h2-9H,10-11H2,1H3,(H,20,24)(H,21,22,23). The van der Waals surface area contributed by atoms with Gasteiger partial charge in [0.25, 0.3) is 5.91 Å². The molecular formula is C18H17ClN4O. The van der Waals surface area contributed by atoms with E-state index in [2.05, 4.69) is 20.5 Å². The normalized spacial score (nSPS) is 10.6. The van der Waals surface area contributed by atoms with Crippen LogP contribution in [0.25, 0.3) is 11.4 Å². The lowest BCUT2D eigenvalue weighted by Gasteiger charge is -2.06. The predicted octanol–water partition coefficient (Wildman–Crippen LogP) is 3.41. The number of nitrogens with zero attached hydrogens (tertiary/aromatic N) is 2. The van der Waals surface area contributed by atoms with Crippen molar-refractivity contribution in [3.05, 3.63) is 70.5 Å². The highest BCUT2D eigenvalue weighted by molar-refractivity contribution is 6.30. The third-order valence-corrected chi connectivity index (χ3v) is 3.92. The lowest BCUT2D eigenvalue weighted by molar-refractivity contribution is 0.0953. The van der Waals surface area contributed by atoms with Gasteiger partial charge in [-0.2, -0.15) is 5.10 Å². The first-order valence-electron chi connectivity index (χ1n) is 7.64. The summed E-state index contributed by atoms with van der Waals surface area (Å²) in [5.41, 5.74) is 2.54. The van der Waals surface area contributed by atoms with Crippen molar-refractivity contribution in [1.82, 2.24) is 20.5 Å². The van der Waals surface area contributed by atoms with Gasteiger partial charge in [-0.3, -0.25) is 9.89 Å². The lowest BCUT2D eigenvalue weighted by atomic mass is 10.1. The Morgan fingerprint density at radius 1 is 1.17 bits per heavy atom. The third-order valence-electron chi connectivity index (χ3n) is 3.67. The van der Waals surface area contributed by atoms with Crippen molar-refractivity contribution >= 4 is 17.5 Å². The number of amides is 1. The van der Waals surface area contributed by atoms with Crippen molar-refractivity contribution in [2.45, 2.75) is 13.3 Å². The average Bonchev–Trinajstić information content (AvgIpc) is 3.04. The summed E-state index contributed by atoms with van der Waals surface area (Å²) in [5, 5.41) is 10.7. The number of carbonyl (C=O) groups is 1. The Labute approximate surface area is 145 Å². The zero-order valence-corrected chi connectivity index (χ0v) is 14.0. The predicted molar refractivity (Wildman–Crippen MR) is 94.0 cm³/mol. The van der Waals surface area contributed by atoms with Crippen LogP contribution in [0.4, 0.5) is 0 Å². The molecule has 122 valence electrons. The molecule has 0 aliphatic carbocycles. The van der Waals surface area contributed by atoms with Gasteiger partial charge in [-0.25, -0.2) is 4.98 Å². The zero-order chi connectivity index (χ0) is 16.9. The van der Waals surface area contributed by atoms with Crippen LogP contribution in [0.5, 0.6) is 0 Å². The minimum atomic E-state index is -0.0782. The van der Waals surface area contributed by atoms with Crippen molar-refractivity contribution in [2.75, 3.05) is 6.54 Å². The maximum Gasteiger partial charge on any atom is 0.251 e. The number of benzene rings is 2. The van der Waals surface area contributed by atoms with Crippen molar-refractivity contribution < 1.29 is 4.79 Å². The number of aryl methyl sites for hydroxylation is 1. The molecule has 24 heavy (non-hydrogen) atoms. The largest absolute Gasteiger partial charge is 0.352 e. The fraction of sp³-hybridized carbons (Fsp3) is 0.167. The van der Waals surface area contributed by atoms with Crippen LogP contribution in [0.15, 0.2) is 48.5 Å². The molecule has 3 aromatic rings. The first-order chi connectivity index (χ1) is 11.6. The van der Waals surface area contributed by atoms with Gasteiger partial charge in [0.1, 0.15) is 5.82 Å². The summed E-state index contributed by atoms with van der Waals surface area (Å²) in [4.78, 5) is 16.6. The summed E-state index contributed by atoms with van der Waals surface area (Å²) in [5.74, 6) is 1.27. The number of rotatable bonds is 5. The van der Waals surface area contributed by atoms with E-state index < -0.39 is 0 Å². The number of aromatic amines is 1. The van der Waals surface area contributed by atoms with Crippen LogP contribution >= 0.6 is 11.6 Å². The Morgan fingerprint density at radius 2 is 1.92 bits per heavy atom. The Kier molecular flexibility index (Phi) is 4.91. The molecule has 0 aliphatic heterocycles. The smallest absolute Gasteiger partial charge is 0.251 e. The van der Waals surface area contributed by atoms with Gasteiger partial charge in [0.2, 0.25) is 0 Å². The molecule has 0 saturated heterocycles. The summed E-state index contributed by atoms with van der Waals surface area (Å²) < 4.78 is 0. The van der Waals surface area contributed by atoms with Crippen LogP contribution in [0, 0.1) is 6.92 Å². The molecule has 0 atom stereocenters.